The Hall–Kier alpha value is -2.99. The minimum Gasteiger partial charge on any atom is -0.497 e. The number of piperidine rings is 1. The van der Waals surface area contributed by atoms with Crippen molar-refractivity contribution < 1.29 is 14.6 Å². The fraction of sp³-hybridized carbons (Fsp3) is 0.286. The van der Waals surface area contributed by atoms with E-state index in [-0.39, 0.29) is 5.92 Å². The van der Waals surface area contributed by atoms with Crippen LogP contribution in [0, 0.1) is 0 Å². The number of carboxylic acid groups (broad SMARTS) is 1. The van der Waals surface area contributed by atoms with Crippen LogP contribution in [0.25, 0.3) is 22.2 Å². The number of methoxy groups -OCH3 is 1. The van der Waals surface area contributed by atoms with Gasteiger partial charge >= 0.3 is 5.97 Å². The molecule has 0 saturated carbocycles. The molecule has 0 spiro atoms. The molecular weight excluding hydrogens is 342 g/mol. The molecule has 1 fully saturated rings. The molecule has 1 aliphatic heterocycles. The average molecular weight is 363 g/mol. The Morgan fingerprint density at radius 1 is 1.22 bits per heavy atom. The van der Waals surface area contributed by atoms with Crippen molar-refractivity contribution in [3.63, 3.8) is 0 Å². The van der Waals surface area contributed by atoms with E-state index in [1.807, 2.05) is 30.3 Å². The van der Waals surface area contributed by atoms with E-state index in [1.54, 1.807) is 13.2 Å². The van der Waals surface area contributed by atoms with E-state index >= 15 is 0 Å². The van der Waals surface area contributed by atoms with Gasteiger partial charge in [-0.2, -0.15) is 0 Å². The molecule has 1 aromatic heterocycles. The van der Waals surface area contributed by atoms with Gasteiger partial charge in [0, 0.05) is 23.6 Å². The number of nitrogens with one attached hydrogen (secondary N) is 1. The fourth-order valence-corrected chi connectivity index (χ4v) is 3.75. The second kappa shape index (κ2) is 7.32. The highest BCUT2D eigenvalue weighted by atomic mass is 16.5. The summed E-state index contributed by atoms with van der Waals surface area (Å²) < 4.78 is 5.28. The third-order valence-electron chi connectivity index (χ3n) is 5.14. The zero-order valence-electron chi connectivity index (χ0n) is 15.1. The van der Waals surface area contributed by atoms with E-state index in [9.17, 15) is 9.90 Å². The smallest absolute Gasteiger partial charge is 0.335 e. The Balaban J connectivity index is 1.84. The molecule has 0 aliphatic carbocycles. The van der Waals surface area contributed by atoms with Crippen LogP contribution in [0.15, 0.2) is 42.7 Å². The maximum absolute atomic E-state index is 11.7. The SMILES string of the molecule is COc1ccc2c(-c3ccc(C(=O)O)c(C4CCCNC4)c3)ncnc2c1. The first-order chi connectivity index (χ1) is 13.2. The van der Waals surface area contributed by atoms with Crippen molar-refractivity contribution in [3.05, 3.63) is 53.9 Å². The third kappa shape index (κ3) is 3.36. The van der Waals surface area contributed by atoms with Crippen LogP contribution in [0.3, 0.4) is 0 Å². The van der Waals surface area contributed by atoms with Gasteiger partial charge in [-0.25, -0.2) is 14.8 Å². The molecule has 27 heavy (non-hydrogen) atoms. The Bertz CT molecular complexity index is 997. The number of fused-ring (bicyclic) bond motifs is 1. The van der Waals surface area contributed by atoms with Gasteiger partial charge in [-0.05, 0) is 55.1 Å². The molecule has 1 aliphatic rings. The summed E-state index contributed by atoms with van der Waals surface area (Å²) in [5, 5.41) is 13.9. The van der Waals surface area contributed by atoms with Crippen molar-refractivity contribution in [2.24, 2.45) is 0 Å². The van der Waals surface area contributed by atoms with Crippen molar-refractivity contribution in [1.82, 2.24) is 15.3 Å². The Morgan fingerprint density at radius 3 is 2.85 bits per heavy atom. The van der Waals surface area contributed by atoms with Gasteiger partial charge in [0.1, 0.15) is 12.1 Å². The average Bonchev–Trinajstić information content (AvgIpc) is 2.73. The number of ether oxygens (including phenoxy) is 1. The summed E-state index contributed by atoms with van der Waals surface area (Å²) in [5.41, 5.74) is 3.73. The normalized spacial score (nSPS) is 17.0. The summed E-state index contributed by atoms with van der Waals surface area (Å²) >= 11 is 0. The largest absolute Gasteiger partial charge is 0.497 e. The van der Waals surface area contributed by atoms with Crippen LogP contribution in [0.5, 0.6) is 5.75 Å². The van der Waals surface area contributed by atoms with Crippen LogP contribution in [0.1, 0.15) is 34.7 Å². The number of aromatic nitrogens is 2. The number of carbonyl (C=O) groups is 1. The number of rotatable bonds is 4. The van der Waals surface area contributed by atoms with Crippen LogP contribution in [0.4, 0.5) is 0 Å². The molecule has 3 aromatic rings. The van der Waals surface area contributed by atoms with Gasteiger partial charge in [0.05, 0.1) is 23.9 Å². The standard InChI is InChI=1S/C21H21N3O3/c1-27-15-5-7-17-19(10-15)23-12-24-20(17)13-4-6-16(21(25)26)18(9-13)14-3-2-8-22-11-14/h4-7,9-10,12,14,22H,2-3,8,11H2,1H3,(H,25,26). The zero-order valence-corrected chi connectivity index (χ0v) is 15.1. The third-order valence-corrected chi connectivity index (χ3v) is 5.14. The van der Waals surface area contributed by atoms with E-state index in [2.05, 4.69) is 15.3 Å². The van der Waals surface area contributed by atoms with Crippen LogP contribution in [-0.2, 0) is 0 Å². The number of aromatic carboxylic acids is 1. The quantitative estimate of drug-likeness (QED) is 0.738. The Labute approximate surface area is 157 Å². The highest BCUT2D eigenvalue weighted by Crippen LogP contribution is 2.33. The van der Waals surface area contributed by atoms with Gasteiger partial charge in [-0.1, -0.05) is 6.07 Å². The van der Waals surface area contributed by atoms with Crippen molar-refractivity contribution >= 4 is 16.9 Å². The van der Waals surface area contributed by atoms with Crippen molar-refractivity contribution in [1.29, 1.82) is 0 Å². The van der Waals surface area contributed by atoms with Gasteiger partial charge in [-0.15, -0.1) is 0 Å². The molecule has 1 unspecified atom stereocenters. The van der Waals surface area contributed by atoms with E-state index in [0.29, 0.717) is 5.56 Å². The summed E-state index contributed by atoms with van der Waals surface area (Å²) in [6, 6.07) is 11.2. The van der Waals surface area contributed by atoms with Crippen molar-refractivity contribution in [3.8, 4) is 17.0 Å². The Morgan fingerprint density at radius 2 is 2.11 bits per heavy atom. The lowest BCUT2D eigenvalue weighted by atomic mass is 9.86. The van der Waals surface area contributed by atoms with Gasteiger partial charge < -0.3 is 15.2 Å². The molecule has 4 rings (SSSR count). The first kappa shape index (κ1) is 17.4. The van der Waals surface area contributed by atoms with E-state index in [4.69, 9.17) is 4.74 Å². The van der Waals surface area contributed by atoms with Crippen LogP contribution in [0.2, 0.25) is 0 Å². The molecule has 0 radical (unpaired) electrons. The van der Waals surface area contributed by atoms with Gasteiger partial charge in [-0.3, -0.25) is 0 Å². The molecule has 1 saturated heterocycles. The summed E-state index contributed by atoms with van der Waals surface area (Å²) in [7, 11) is 1.62. The minimum absolute atomic E-state index is 0.193. The molecule has 1 atom stereocenters. The van der Waals surface area contributed by atoms with E-state index in [0.717, 1.165) is 59.4 Å². The molecular formula is C21H21N3O3. The second-order valence-electron chi connectivity index (χ2n) is 6.76. The molecule has 6 nitrogen and oxygen atoms in total. The van der Waals surface area contributed by atoms with Crippen LogP contribution in [-0.4, -0.2) is 41.2 Å². The molecule has 2 N–H and O–H groups in total. The lowest BCUT2D eigenvalue weighted by Gasteiger charge is -2.25. The molecule has 2 aromatic carbocycles. The summed E-state index contributed by atoms with van der Waals surface area (Å²) in [5.74, 6) is 0.0414. The molecule has 0 bridgehead atoms. The Kier molecular flexibility index (Phi) is 4.73. The molecule has 2 heterocycles. The van der Waals surface area contributed by atoms with E-state index < -0.39 is 5.97 Å². The molecule has 0 amide bonds. The van der Waals surface area contributed by atoms with Crippen LogP contribution >= 0.6 is 0 Å². The lowest BCUT2D eigenvalue weighted by Crippen LogP contribution is -2.29. The van der Waals surface area contributed by atoms with Gasteiger partial charge in [0.25, 0.3) is 0 Å². The van der Waals surface area contributed by atoms with Gasteiger partial charge in [0.2, 0.25) is 0 Å². The highest BCUT2D eigenvalue weighted by Gasteiger charge is 2.22. The fourth-order valence-electron chi connectivity index (χ4n) is 3.75. The maximum atomic E-state index is 11.7. The van der Waals surface area contributed by atoms with E-state index in [1.165, 1.54) is 6.33 Å². The number of hydrogen-bond donors (Lipinski definition) is 2. The molecule has 138 valence electrons. The summed E-state index contributed by atoms with van der Waals surface area (Å²) in [6.07, 6.45) is 3.56. The highest BCUT2D eigenvalue weighted by molar-refractivity contribution is 5.95. The number of nitrogens with zero attached hydrogens (tertiary/aromatic N) is 2. The predicted molar refractivity (Wildman–Crippen MR) is 103 cm³/mol. The zero-order chi connectivity index (χ0) is 18.8. The van der Waals surface area contributed by atoms with Crippen molar-refractivity contribution in [2.75, 3.05) is 20.2 Å². The molecule has 6 heteroatoms. The van der Waals surface area contributed by atoms with Crippen LogP contribution < -0.4 is 10.1 Å². The summed E-state index contributed by atoms with van der Waals surface area (Å²) in [6.45, 7) is 1.78. The summed E-state index contributed by atoms with van der Waals surface area (Å²) in [4.78, 5) is 20.6. The first-order valence-electron chi connectivity index (χ1n) is 9.04. The lowest BCUT2D eigenvalue weighted by molar-refractivity contribution is 0.0695. The number of hydrogen-bond acceptors (Lipinski definition) is 5. The number of carboxylic acids is 1. The minimum atomic E-state index is -0.889. The topological polar surface area (TPSA) is 84.3 Å². The van der Waals surface area contributed by atoms with Crippen molar-refractivity contribution in [2.45, 2.75) is 18.8 Å². The first-order valence-corrected chi connectivity index (χ1v) is 9.04. The maximum Gasteiger partial charge on any atom is 0.335 e. The monoisotopic (exact) mass is 363 g/mol. The van der Waals surface area contributed by atoms with Gasteiger partial charge in [0.15, 0.2) is 0 Å². The number of benzene rings is 2. The predicted octanol–water partition coefficient (Wildman–Crippen LogP) is 3.47. The second-order valence-corrected chi connectivity index (χ2v) is 6.76.